The monoisotopic (exact) mass is 810 g/mol. The maximum atomic E-state index is 12.3. The molecule has 276 valence electrons. The second kappa shape index (κ2) is 12.9. The van der Waals surface area contributed by atoms with Crippen molar-refractivity contribution in [1.82, 2.24) is 0 Å². The van der Waals surface area contributed by atoms with Crippen molar-refractivity contribution < 1.29 is 82.2 Å². The lowest BCUT2D eigenvalue weighted by Gasteiger charge is -2.13. The molecule has 0 bridgehead atoms. The number of rotatable bonds is 10. The van der Waals surface area contributed by atoms with Crippen LogP contribution >= 0.6 is 0 Å². The Morgan fingerprint density at radius 1 is 0.462 bits per heavy atom. The standard InChI is InChI=1S/C22H14N6O20S4/c29-19-10(3-8(27(33)34)5-14(19)51(43,44)45)23-25-17-12(49(37,38)39)1-7-2-13(50(40,41)42)18(22(32)16(7)21(17)31)26-24-11-4-9(28(35)36)6-15(20(11)30)52(46,47)48/h1-6,29-32H,(H,37,38,39)(H,40,41,42)(H,43,44,45)(H,46,47,48). The first kappa shape index (κ1) is 38.8. The second-order valence-electron chi connectivity index (χ2n) is 9.68. The molecule has 0 aliphatic heterocycles. The van der Waals surface area contributed by atoms with Crippen LogP contribution in [0, 0.1) is 20.2 Å². The van der Waals surface area contributed by atoms with Crippen molar-refractivity contribution >= 4 is 85.4 Å². The lowest BCUT2D eigenvalue weighted by molar-refractivity contribution is -0.385. The Labute approximate surface area is 286 Å². The summed E-state index contributed by atoms with van der Waals surface area (Å²) in [6.45, 7) is 0. The van der Waals surface area contributed by atoms with Gasteiger partial charge in [0.05, 0.1) is 15.2 Å². The molecule has 26 nitrogen and oxygen atoms in total. The number of nitro groups is 2. The number of phenolic OH excluding ortho intramolecular Hbond substituents is 4. The first-order valence-corrected chi connectivity index (χ1v) is 18.2. The minimum Gasteiger partial charge on any atom is -0.505 e. The Morgan fingerprint density at radius 3 is 1.04 bits per heavy atom. The Morgan fingerprint density at radius 2 is 0.769 bits per heavy atom. The van der Waals surface area contributed by atoms with Crippen LogP contribution in [0.2, 0.25) is 0 Å². The van der Waals surface area contributed by atoms with Crippen molar-refractivity contribution in [2.24, 2.45) is 20.5 Å². The molecule has 4 aromatic rings. The molecule has 0 heterocycles. The lowest BCUT2D eigenvalue weighted by atomic mass is 10.1. The molecule has 0 atom stereocenters. The van der Waals surface area contributed by atoms with Gasteiger partial charge in [-0.2, -0.15) is 33.7 Å². The molecular formula is C22H14N6O20S4. The number of aromatic hydroxyl groups is 4. The van der Waals surface area contributed by atoms with Gasteiger partial charge in [0, 0.05) is 24.3 Å². The van der Waals surface area contributed by atoms with Crippen molar-refractivity contribution in [3.63, 3.8) is 0 Å². The van der Waals surface area contributed by atoms with Crippen LogP contribution in [0.4, 0.5) is 34.1 Å². The van der Waals surface area contributed by atoms with Gasteiger partial charge in [-0.05, 0) is 17.5 Å². The molecule has 4 aromatic carbocycles. The van der Waals surface area contributed by atoms with Gasteiger partial charge in [-0.15, -0.1) is 20.5 Å². The van der Waals surface area contributed by atoms with E-state index in [0.29, 0.717) is 24.3 Å². The third kappa shape index (κ3) is 7.51. The number of fused-ring (bicyclic) bond motifs is 1. The third-order valence-electron chi connectivity index (χ3n) is 6.38. The van der Waals surface area contributed by atoms with E-state index in [9.17, 15) is 92.5 Å². The molecule has 0 saturated carbocycles. The summed E-state index contributed by atoms with van der Waals surface area (Å²) in [6.07, 6.45) is 0. The number of hydrogen-bond donors (Lipinski definition) is 8. The Kier molecular flexibility index (Phi) is 9.65. The number of azo groups is 2. The normalized spacial score (nSPS) is 12.9. The highest BCUT2D eigenvalue weighted by molar-refractivity contribution is 7.86. The van der Waals surface area contributed by atoms with Crippen molar-refractivity contribution in [1.29, 1.82) is 0 Å². The topological polar surface area (TPSA) is 434 Å². The van der Waals surface area contributed by atoms with E-state index >= 15 is 0 Å². The molecule has 8 N–H and O–H groups in total. The first-order chi connectivity index (χ1) is 23.6. The average molecular weight is 811 g/mol. The zero-order valence-corrected chi connectivity index (χ0v) is 27.5. The predicted octanol–water partition coefficient (Wildman–Crippen LogP) is 3.30. The smallest absolute Gasteiger partial charge is 0.298 e. The molecule has 0 unspecified atom stereocenters. The van der Waals surface area contributed by atoms with Gasteiger partial charge in [0.15, 0.2) is 23.0 Å². The van der Waals surface area contributed by atoms with E-state index in [2.05, 4.69) is 20.5 Å². The van der Waals surface area contributed by atoms with E-state index in [-0.39, 0.29) is 12.1 Å². The summed E-state index contributed by atoms with van der Waals surface area (Å²) in [5, 5.41) is 76.1. The number of nitro benzene ring substituents is 2. The number of non-ortho nitro benzene ring substituents is 2. The highest BCUT2D eigenvalue weighted by Crippen LogP contribution is 2.51. The van der Waals surface area contributed by atoms with E-state index in [1.54, 1.807) is 0 Å². The van der Waals surface area contributed by atoms with E-state index in [0.717, 1.165) is 0 Å². The molecule has 0 aromatic heterocycles. The van der Waals surface area contributed by atoms with Gasteiger partial charge in [-0.25, -0.2) is 0 Å². The summed E-state index contributed by atoms with van der Waals surface area (Å²) < 4.78 is 134. The van der Waals surface area contributed by atoms with Crippen LogP contribution in [-0.4, -0.2) is 82.2 Å². The molecule has 30 heteroatoms. The number of hydrogen-bond acceptors (Lipinski definition) is 20. The van der Waals surface area contributed by atoms with Crippen LogP contribution in [0.15, 0.2) is 76.4 Å². The fourth-order valence-corrected chi connectivity index (χ4v) is 6.72. The number of phenols is 4. The van der Waals surface area contributed by atoms with E-state index < -0.39 is 138 Å². The van der Waals surface area contributed by atoms with Gasteiger partial charge in [0.25, 0.3) is 51.8 Å². The molecule has 0 spiro atoms. The summed E-state index contributed by atoms with van der Waals surface area (Å²) >= 11 is 0. The molecule has 0 fully saturated rings. The molecule has 0 radical (unpaired) electrons. The Bertz CT molecular complexity index is 2600. The van der Waals surface area contributed by atoms with Crippen molar-refractivity contribution in [3.05, 3.63) is 56.6 Å². The minimum atomic E-state index is -5.57. The van der Waals surface area contributed by atoms with Gasteiger partial charge < -0.3 is 20.4 Å². The third-order valence-corrected chi connectivity index (χ3v) is 9.85. The quantitative estimate of drug-likeness (QED) is 0.0493. The summed E-state index contributed by atoms with van der Waals surface area (Å²) in [5.74, 6) is -6.15. The van der Waals surface area contributed by atoms with Crippen molar-refractivity contribution in [2.45, 2.75) is 19.6 Å². The minimum absolute atomic E-state index is 0.193. The van der Waals surface area contributed by atoms with Crippen LogP contribution in [0.5, 0.6) is 23.0 Å². The SMILES string of the molecule is O=[N+]([O-])c1cc(N=Nc2c(S(=O)(=O)O)cc3cc(S(=O)(=O)O)c(N=Nc4cc([N+](=O)[O-])cc(S(=O)(=O)O)c4O)c(O)c3c2O)c(O)c(S(=O)(=O)O)c1. The first-order valence-electron chi connectivity index (χ1n) is 12.5. The van der Waals surface area contributed by atoms with Crippen LogP contribution in [0.1, 0.15) is 0 Å². The zero-order valence-electron chi connectivity index (χ0n) is 24.3. The molecule has 0 saturated heterocycles. The molecule has 0 aliphatic carbocycles. The fourth-order valence-electron chi connectivity index (χ4n) is 4.17. The summed E-state index contributed by atoms with van der Waals surface area (Å²) in [5.41, 5.74) is -7.46. The highest BCUT2D eigenvalue weighted by atomic mass is 32.2. The molecular weight excluding hydrogens is 797 g/mol. The van der Waals surface area contributed by atoms with Crippen molar-refractivity contribution in [3.8, 4) is 23.0 Å². The number of nitrogens with zero attached hydrogens (tertiary/aromatic N) is 6. The number of benzene rings is 4. The summed E-state index contributed by atoms with van der Waals surface area (Å²) in [7, 11) is -21.9. The molecule has 4 rings (SSSR count). The Hall–Kier alpha value is -6.02. The maximum absolute atomic E-state index is 12.3. The van der Waals surface area contributed by atoms with Gasteiger partial charge in [-0.3, -0.25) is 38.4 Å². The van der Waals surface area contributed by atoms with Gasteiger partial charge in [-0.1, -0.05) is 0 Å². The highest BCUT2D eigenvalue weighted by Gasteiger charge is 2.30. The molecule has 0 aliphatic rings. The average Bonchev–Trinajstić information content (AvgIpc) is 2.98. The Balaban J connectivity index is 2.10. The van der Waals surface area contributed by atoms with E-state index in [4.69, 9.17) is 0 Å². The summed E-state index contributed by atoms with van der Waals surface area (Å²) in [6, 6.07) is 1.69. The lowest BCUT2D eigenvalue weighted by Crippen LogP contribution is -2.02. The van der Waals surface area contributed by atoms with Crippen LogP contribution in [0.3, 0.4) is 0 Å². The van der Waals surface area contributed by atoms with Gasteiger partial charge in [0.1, 0.15) is 42.3 Å². The van der Waals surface area contributed by atoms with Crippen molar-refractivity contribution in [2.75, 3.05) is 0 Å². The van der Waals surface area contributed by atoms with Crippen LogP contribution < -0.4 is 0 Å². The van der Waals surface area contributed by atoms with E-state index in [1.165, 1.54) is 0 Å². The largest absolute Gasteiger partial charge is 0.505 e. The fraction of sp³-hybridized carbons (Fsp3) is 0. The van der Waals surface area contributed by atoms with Crippen LogP contribution in [0.25, 0.3) is 10.8 Å². The second-order valence-corrected chi connectivity index (χ2v) is 15.2. The zero-order chi connectivity index (χ0) is 39.5. The molecule has 52 heavy (non-hydrogen) atoms. The molecule has 0 amide bonds. The van der Waals surface area contributed by atoms with Gasteiger partial charge in [0.2, 0.25) is 0 Å². The van der Waals surface area contributed by atoms with E-state index in [1.807, 2.05) is 0 Å². The van der Waals surface area contributed by atoms with Gasteiger partial charge >= 0.3 is 0 Å². The predicted molar refractivity (Wildman–Crippen MR) is 164 cm³/mol. The van der Waals surface area contributed by atoms with Crippen LogP contribution in [-0.2, 0) is 40.5 Å². The summed E-state index contributed by atoms with van der Waals surface area (Å²) in [4.78, 5) is 14.2. The maximum Gasteiger partial charge on any atom is 0.298 e.